The Hall–Kier alpha value is -1.81. The number of pyridine rings is 1. The molecule has 0 radical (unpaired) electrons. The highest BCUT2D eigenvalue weighted by Crippen LogP contribution is 2.13. The molecule has 1 N–H and O–H groups in total. The lowest BCUT2D eigenvalue weighted by Crippen LogP contribution is -1.92. The number of hydrogen-bond donors (Lipinski definition) is 1. The van der Waals surface area contributed by atoms with Crippen LogP contribution in [0.2, 0.25) is 0 Å². The number of hydrazone groups is 1. The van der Waals surface area contributed by atoms with Gasteiger partial charge in [-0.2, -0.15) is 5.10 Å². The van der Waals surface area contributed by atoms with Crippen molar-refractivity contribution in [2.24, 2.45) is 5.10 Å². The first-order chi connectivity index (χ1) is 8.38. The first-order valence-electron chi connectivity index (χ1n) is 5.22. The normalized spacial score (nSPS) is 10.6. The maximum atomic E-state index is 4.12. The molecule has 0 amide bonds. The van der Waals surface area contributed by atoms with Gasteiger partial charge in [-0.1, -0.05) is 18.2 Å². The van der Waals surface area contributed by atoms with Crippen LogP contribution in [-0.2, 0) is 0 Å². The maximum absolute atomic E-state index is 4.12. The first kappa shape index (κ1) is 11.7. The second-order valence-corrected chi connectivity index (χ2v) is 4.24. The molecule has 0 aliphatic heterocycles. The number of nitrogens with zero attached hydrogens (tertiary/aromatic N) is 2. The lowest BCUT2D eigenvalue weighted by molar-refractivity contribution is 1.23. The van der Waals surface area contributed by atoms with E-state index in [1.165, 1.54) is 4.90 Å². The second kappa shape index (κ2) is 6.06. The highest BCUT2D eigenvalue weighted by molar-refractivity contribution is 7.98. The molecule has 0 aliphatic carbocycles. The molecule has 0 saturated heterocycles. The molecule has 1 aromatic carbocycles. The predicted octanol–water partition coefficient (Wildman–Crippen LogP) is 3.25. The summed E-state index contributed by atoms with van der Waals surface area (Å²) < 4.78 is 0. The summed E-state index contributed by atoms with van der Waals surface area (Å²) in [4.78, 5) is 5.36. The van der Waals surface area contributed by atoms with Crippen molar-refractivity contribution >= 4 is 23.8 Å². The van der Waals surface area contributed by atoms with Gasteiger partial charge >= 0.3 is 0 Å². The lowest BCUT2D eigenvalue weighted by atomic mass is 10.2. The van der Waals surface area contributed by atoms with Gasteiger partial charge in [-0.25, -0.2) is 4.98 Å². The molecule has 0 atom stereocenters. The zero-order valence-corrected chi connectivity index (χ0v) is 10.3. The number of aromatic nitrogens is 1. The topological polar surface area (TPSA) is 37.3 Å². The summed E-state index contributed by atoms with van der Waals surface area (Å²) in [5.41, 5.74) is 3.94. The summed E-state index contributed by atoms with van der Waals surface area (Å²) in [7, 11) is 0. The van der Waals surface area contributed by atoms with Crippen LogP contribution in [0.4, 0.5) is 5.82 Å². The Morgan fingerprint density at radius 3 is 2.65 bits per heavy atom. The zero-order valence-electron chi connectivity index (χ0n) is 9.50. The summed E-state index contributed by atoms with van der Waals surface area (Å²) in [5, 5.41) is 4.12. The Bertz CT molecular complexity index is 480. The largest absolute Gasteiger partial charge is 0.261 e. The molecule has 2 rings (SSSR count). The molecular weight excluding hydrogens is 230 g/mol. The molecule has 0 unspecified atom stereocenters. The molecule has 86 valence electrons. The highest BCUT2D eigenvalue weighted by Gasteiger charge is 1.90. The number of thioether (sulfide) groups is 1. The first-order valence-corrected chi connectivity index (χ1v) is 6.45. The molecule has 17 heavy (non-hydrogen) atoms. The van der Waals surface area contributed by atoms with Gasteiger partial charge in [0, 0.05) is 11.1 Å². The Balaban J connectivity index is 1.96. The standard InChI is InChI=1S/C13H13N3S/c1-17-12-7-5-11(6-8-12)10-15-16-13-4-2-3-9-14-13/h2-10H,1H3,(H,14,16)/b15-10+. The van der Waals surface area contributed by atoms with Gasteiger partial charge in [0.1, 0.15) is 5.82 Å². The van der Waals surface area contributed by atoms with Crippen molar-refractivity contribution in [3.63, 3.8) is 0 Å². The average molecular weight is 243 g/mol. The van der Waals surface area contributed by atoms with Crippen LogP contribution in [-0.4, -0.2) is 17.5 Å². The molecule has 3 nitrogen and oxygen atoms in total. The van der Waals surface area contributed by atoms with Gasteiger partial charge in [0.15, 0.2) is 0 Å². The molecule has 4 heteroatoms. The number of rotatable bonds is 4. The Labute approximate surface area is 105 Å². The van der Waals surface area contributed by atoms with E-state index in [1.54, 1.807) is 24.2 Å². The van der Waals surface area contributed by atoms with Gasteiger partial charge in [-0.05, 0) is 36.1 Å². The minimum absolute atomic E-state index is 0.740. The Morgan fingerprint density at radius 2 is 2.00 bits per heavy atom. The van der Waals surface area contributed by atoms with Gasteiger partial charge in [-0.3, -0.25) is 5.43 Å². The van der Waals surface area contributed by atoms with E-state index in [9.17, 15) is 0 Å². The van der Waals surface area contributed by atoms with E-state index in [1.807, 2.05) is 30.3 Å². The number of hydrogen-bond acceptors (Lipinski definition) is 4. The van der Waals surface area contributed by atoms with E-state index in [2.05, 4.69) is 33.9 Å². The van der Waals surface area contributed by atoms with Crippen LogP contribution in [0.25, 0.3) is 0 Å². The van der Waals surface area contributed by atoms with Crippen molar-refractivity contribution in [3.05, 3.63) is 54.2 Å². The highest BCUT2D eigenvalue weighted by atomic mass is 32.2. The van der Waals surface area contributed by atoms with Crippen molar-refractivity contribution in [2.75, 3.05) is 11.7 Å². The SMILES string of the molecule is CSc1ccc(/C=N/Nc2ccccn2)cc1. The maximum Gasteiger partial charge on any atom is 0.146 e. The van der Waals surface area contributed by atoms with Crippen molar-refractivity contribution in [1.29, 1.82) is 0 Å². The Morgan fingerprint density at radius 1 is 1.18 bits per heavy atom. The molecule has 0 aliphatic rings. The molecule has 0 bridgehead atoms. The van der Waals surface area contributed by atoms with Gasteiger partial charge in [0.25, 0.3) is 0 Å². The third-order valence-electron chi connectivity index (χ3n) is 2.17. The fraction of sp³-hybridized carbons (Fsp3) is 0.0769. The molecule has 1 aromatic heterocycles. The molecule has 0 spiro atoms. The average Bonchev–Trinajstić information content (AvgIpc) is 2.41. The third-order valence-corrected chi connectivity index (χ3v) is 2.92. The van der Waals surface area contributed by atoms with Crippen LogP contribution in [0.5, 0.6) is 0 Å². The van der Waals surface area contributed by atoms with E-state index in [4.69, 9.17) is 0 Å². The monoisotopic (exact) mass is 243 g/mol. The third kappa shape index (κ3) is 3.60. The van der Waals surface area contributed by atoms with Crippen molar-refractivity contribution in [1.82, 2.24) is 4.98 Å². The summed E-state index contributed by atoms with van der Waals surface area (Å²) in [5.74, 6) is 0.740. The smallest absolute Gasteiger partial charge is 0.146 e. The van der Waals surface area contributed by atoms with Gasteiger partial charge < -0.3 is 0 Å². The minimum atomic E-state index is 0.740. The van der Waals surface area contributed by atoms with E-state index < -0.39 is 0 Å². The summed E-state index contributed by atoms with van der Waals surface area (Å²) in [6.45, 7) is 0. The second-order valence-electron chi connectivity index (χ2n) is 3.36. The predicted molar refractivity (Wildman–Crippen MR) is 73.7 cm³/mol. The van der Waals surface area contributed by atoms with Crippen molar-refractivity contribution < 1.29 is 0 Å². The van der Waals surface area contributed by atoms with Crippen molar-refractivity contribution in [3.8, 4) is 0 Å². The quantitative estimate of drug-likeness (QED) is 0.509. The lowest BCUT2D eigenvalue weighted by Gasteiger charge is -1.98. The number of anilines is 1. The van der Waals surface area contributed by atoms with E-state index in [0.717, 1.165) is 11.4 Å². The zero-order chi connectivity index (χ0) is 11.9. The fourth-order valence-electron chi connectivity index (χ4n) is 1.29. The Kier molecular flexibility index (Phi) is 4.16. The van der Waals surface area contributed by atoms with E-state index >= 15 is 0 Å². The number of benzene rings is 1. The van der Waals surface area contributed by atoms with Crippen LogP contribution < -0.4 is 5.43 Å². The van der Waals surface area contributed by atoms with Crippen LogP contribution >= 0.6 is 11.8 Å². The molecule has 2 aromatic rings. The van der Waals surface area contributed by atoms with Crippen LogP contribution in [0.15, 0.2) is 58.7 Å². The molecular formula is C13H13N3S. The van der Waals surface area contributed by atoms with Gasteiger partial charge in [0.2, 0.25) is 0 Å². The molecule has 1 heterocycles. The van der Waals surface area contributed by atoms with Crippen molar-refractivity contribution in [2.45, 2.75) is 4.90 Å². The summed E-state index contributed by atoms with van der Waals surface area (Å²) >= 11 is 1.73. The van der Waals surface area contributed by atoms with Crippen LogP contribution in [0.1, 0.15) is 5.56 Å². The molecule has 0 fully saturated rings. The minimum Gasteiger partial charge on any atom is -0.261 e. The van der Waals surface area contributed by atoms with Gasteiger partial charge in [0.05, 0.1) is 6.21 Å². The summed E-state index contributed by atoms with van der Waals surface area (Å²) in [6, 6.07) is 13.9. The van der Waals surface area contributed by atoms with Crippen LogP contribution in [0, 0.1) is 0 Å². The molecule has 0 saturated carbocycles. The van der Waals surface area contributed by atoms with Crippen LogP contribution in [0.3, 0.4) is 0 Å². The van der Waals surface area contributed by atoms with E-state index in [0.29, 0.717) is 0 Å². The number of nitrogens with one attached hydrogen (secondary N) is 1. The van der Waals surface area contributed by atoms with Gasteiger partial charge in [-0.15, -0.1) is 11.8 Å². The summed E-state index contributed by atoms with van der Waals surface area (Å²) in [6.07, 6.45) is 5.57. The van der Waals surface area contributed by atoms with E-state index in [-0.39, 0.29) is 0 Å². The fourth-order valence-corrected chi connectivity index (χ4v) is 1.70.